The van der Waals surface area contributed by atoms with Gasteiger partial charge in [-0.3, -0.25) is 9.48 Å². The summed E-state index contributed by atoms with van der Waals surface area (Å²) < 4.78 is 2.46. The van der Waals surface area contributed by atoms with Crippen molar-refractivity contribution in [3.8, 4) is 5.69 Å². The summed E-state index contributed by atoms with van der Waals surface area (Å²) in [6.45, 7) is 0. The van der Waals surface area contributed by atoms with Gasteiger partial charge in [-0.15, -0.1) is 0 Å². The van der Waals surface area contributed by atoms with Gasteiger partial charge >= 0.3 is 11.4 Å². The Morgan fingerprint density at radius 3 is 2.64 bits per heavy atom. The van der Waals surface area contributed by atoms with Crippen molar-refractivity contribution in [1.29, 1.82) is 0 Å². The second kappa shape index (κ2) is 5.08. The molecule has 3 rings (SSSR count). The summed E-state index contributed by atoms with van der Waals surface area (Å²) in [7, 11) is 1.76. The van der Waals surface area contributed by atoms with Crippen LogP contribution < -0.4 is 5.56 Å². The Morgan fingerprint density at radius 1 is 1.23 bits per heavy atom. The first-order chi connectivity index (χ1) is 10.4. The van der Waals surface area contributed by atoms with E-state index in [1.54, 1.807) is 36.1 Å². The molecular weight excluding hydrogens is 333 g/mol. The molecule has 0 aliphatic heterocycles. The highest BCUT2D eigenvalue weighted by molar-refractivity contribution is 6.43. The molecule has 0 spiro atoms. The monoisotopic (exact) mass is 339 g/mol. The smallest absolute Gasteiger partial charge is 0.358 e. The van der Waals surface area contributed by atoms with Crippen molar-refractivity contribution in [2.45, 2.75) is 0 Å². The Kier molecular flexibility index (Phi) is 3.34. The third kappa shape index (κ3) is 2.22. The lowest BCUT2D eigenvalue weighted by atomic mass is 10.2. The van der Waals surface area contributed by atoms with E-state index in [0.717, 1.165) is 10.1 Å². The Morgan fingerprint density at radius 2 is 1.95 bits per heavy atom. The van der Waals surface area contributed by atoms with Gasteiger partial charge in [0.2, 0.25) is 0 Å². The lowest BCUT2D eigenvalue weighted by molar-refractivity contribution is -0.390. The van der Waals surface area contributed by atoms with Crippen molar-refractivity contribution in [2.75, 3.05) is 0 Å². The van der Waals surface area contributed by atoms with Crippen molar-refractivity contribution in [3.05, 3.63) is 54.9 Å². The first-order valence-electron chi connectivity index (χ1n) is 5.95. The molecule has 1 aromatic carbocycles. The Bertz CT molecular complexity index is 979. The molecule has 0 aliphatic carbocycles. The van der Waals surface area contributed by atoms with Crippen LogP contribution >= 0.6 is 23.2 Å². The summed E-state index contributed by atoms with van der Waals surface area (Å²) in [4.78, 5) is 22.3. The van der Waals surface area contributed by atoms with Crippen molar-refractivity contribution >= 4 is 39.9 Å². The molecule has 3 aromatic rings. The summed E-state index contributed by atoms with van der Waals surface area (Å²) >= 11 is 11.5. The molecule has 0 radical (unpaired) electrons. The minimum absolute atomic E-state index is 0.326. The Hall–Kier alpha value is -2.45. The van der Waals surface area contributed by atoms with Gasteiger partial charge in [-0.1, -0.05) is 27.9 Å². The van der Waals surface area contributed by atoms with Gasteiger partial charge in [0.1, 0.15) is 5.02 Å². The minimum atomic E-state index is -0.799. The van der Waals surface area contributed by atoms with E-state index >= 15 is 0 Å². The fraction of sp³-hybridized carbons (Fsp3) is 0.0833. The molecule has 0 amide bonds. The standard InChI is InChI=1S/C12H7Cl2N5O3/c1-17-5-6-4-7(2-3-8(6)15-17)18-12(20)10(14)9(13)11(16-18)19(21)22/h2-5H,1H3. The van der Waals surface area contributed by atoms with Crippen molar-refractivity contribution in [3.63, 3.8) is 0 Å². The number of nitro groups is 1. The maximum absolute atomic E-state index is 12.1. The lowest BCUT2D eigenvalue weighted by Gasteiger charge is -2.03. The number of halogens is 2. The highest BCUT2D eigenvalue weighted by Gasteiger charge is 2.25. The second-order valence-electron chi connectivity index (χ2n) is 4.47. The van der Waals surface area contributed by atoms with Gasteiger partial charge in [0, 0.05) is 18.6 Å². The number of aromatic nitrogens is 4. The summed E-state index contributed by atoms with van der Waals surface area (Å²) in [5.74, 6) is -0.683. The van der Waals surface area contributed by atoms with E-state index in [9.17, 15) is 14.9 Å². The van der Waals surface area contributed by atoms with Crippen LogP contribution in [0.25, 0.3) is 16.6 Å². The second-order valence-corrected chi connectivity index (χ2v) is 5.23. The molecule has 0 saturated carbocycles. The Balaban J connectivity index is 2.29. The predicted molar refractivity (Wildman–Crippen MR) is 80.8 cm³/mol. The average Bonchev–Trinajstić information content (AvgIpc) is 2.83. The molecule has 10 heteroatoms. The molecule has 22 heavy (non-hydrogen) atoms. The summed E-state index contributed by atoms with van der Waals surface area (Å²) in [6.07, 6.45) is 1.75. The van der Waals surface area contributed by atoms with Crippen LogP contribution in [0.3, 0.4) is 0 Å². The normalized spacial score (nSPS) is 11.0. The van der Waals surface area contributed by atoms with Crippen LogP contribution in [0.2, 0.25) is 10.0 Å². The molecular formula is C12H7Cl2N5O3. The summed E-state index contributed by atoms with van der Waals surface area (Å²) in [5, 5.41) is 18.7. The van der Waals surface area contributed by atoms with Crippen molar-refractivity contribution in [2.24, 2.45) is 7.05 Å². The number of rotatable bonds is 2. The van der Waals surface area contributed by atoms with Crippen LogP contribution in [0.15, 0.2) is 29.2 Å². The van der Waals surface area contributed by atoms with E-state index in [0.29, 0.717) is 11.2 Å². The van der Waals surface area contributed by atoms with Crippen LogP contribution in [-0.4, -0.2) is 24.5 Å². The molecule has 0 atom stereocenters. The van der Waals surface area contributed by atoms with Gasteiger partial charge in [0.05, 0.1) is 16.3 Å². The van der Waals surface area contributed by atoms with Crippen LogP contribution in [-0.2, 0) is 7.05 Å². The molecule has 0 N–H and O–H groups in total. The number of aryl methyl sites for hydroxylation is 1. The third-order valence-electron chi connectivity index (χ3n) is 2.98. The molecule has 2 aromatic heterocycles. The quantitative estimate of drug-likeness (QED) is 0.527. The van der Waals surface area contributed by atoms with E-state index < -0.39 is 26.3 Å². The summed E-state index contributed by atoms with van der Waals surface area (Å²) in [6, 6.07) is 4.87. The highest BCUT2D eigenvalue weighted by Crippen LogP contribution is 2.27. The predicted octanol–water partition coefficient (Wildman–Crippen LogP) is 2.33. The molecule has 0 saturated heterocycles. The maximum Gasteiger partial charge on any atom is 0.409 e. The number of benzene rings is 1. The molecule has 112 valence electrons. The molecule has 0 fully saturated rings. The summed E-state index contributed by atoms with van der Waals surface area (Å²) in [5.41, 5.74) is 0.307. The van der Waals surface area contributed by atoms with Gasteiger partial charge in [0.25, 0.3) is 0 Å². The van der Waals surface area contributed by atoms with Gasteiger partial charge < -0.3 is 10.1 Å². The zero-order valence-corrected chi connectivity index (χ0v) is 12.5. The van der Waals surface area contributed by atoms with E-state index in [1.165, 1.54) is 0 Å². The van der Waals surface area contributed by atoms with Crippen LogP contribution in [0.4, 0.5) is 5.82 Å². The molecule has 0 unspecified atom stereocenters. The van der Waals surface area contributed by atoms with E-state index in [2.05, 4.69) is 10.2 Å². The minimum Gasteiger partial charge on any atom is -0.358 e. The lowest BCUT2D eigenvalue weighted by Crippen LogP contribution is -2.23. The van der Waals surface area contributed by atoms with Gasteiger partial charge in [-0.25, -0.2) is 0 Å². The number of hydrogen-bond donors (Lipinski definition) is 0. The molecule has 0 bridgehead atoms. The van der Waals surface area contributed by atoms with Gasteiger partial charge in [-0.2, -0.15) is 5.10 Å². The van der Waals surface area contributed by atoms with Crippen LogP contribution in [0.1, 0.15) is 0 Å². The highest BCUT2D eigenvalue weighted by atomic mass is 35.5. The maximum atomic E-state index is 12.1. The number of fused-ring (bicyclic) bond motifs is 1. The van der Waals surface area contributed by atoms with Gasteiger partial charge in [0.15, 0.2) is 5.02 Å². The first-order valence-corrected chi connectivity index (χ1v) is 6.70. The fourth-order valence-corrected chi connectivity index (χ4v) is 2.38. The van der Waals surface area contributed by atoms with Crippen LogP contribution in [0.5, 0.6) is 0 Å². The van der Waals surface area contributed by atoms with E-state index in [1.807, 2.05) is 0 Å². The van der Waals surface area contributed by atoms with Gasteiger partial charge in [-0.05, 0) is 23.1 Å². The van der Waals surface area contributed by atoms with E-state index in [-0.39, 0.29) is 0 Å². The number of nitrogens with zero attached hydrogens (tertiary/aromatic N) is 5. The topological polar surface area (TPSA) is 95.9 Å². The molecule has 2 heterocycles. The molecule has 8 nitrogen and oxygen atoms in total. The van der Waals surface area contributed by atoms with E-state index in [4.69, 9.17) is 23.2 Å². The first kappa shape index (κ1) is 14.5. The largest absolute Gasteiger partial charge is 0.409 e. The third-order valence-corrected chi connectivity index (χ3v) is 3.79. The SMILES string of the molecule is Cn1cc2cc(-n3nc([N+](=O)[O-])c(Cl)c(Cl)c3=O)ccc2n1. The zero-order chi connectivity index (χ0) is 16.0. The average molecular weight is 340 g/mol. The molecule has 0 aliphatic rings. The fourth-order valence-electron chi connectivity index (χ4n) is 2.03. The van der Waals surface area contributed by atoms with Crippen molar-refractivity contribution in [1.82, 2.24) is 19.6 Å². The van der Waals surface area contributed by atoms with Crippen LogP contribution in [0, 0.1) is 10.1 Å². The van der Waals surface area contributed by atoms with Crippen molar-refractivity contribution < 1.29 is 4.92 Å². The zero-order valence-electron chi connectivity index (χ0n) is 11.0. The Labute approximate surface area is 132 Å². The number of hydrogen-bond acceptors (Lipinski definition) is 5.